The van der Waals surface area contributed by atoms with E-state index in [9.17, 15) is 14.7 Å². The van der Waals surface area contributed by atoms with Gasteiger partial charge in [-0.3, -0.25) is 4.79 Å². The number of aromatic carboxylic acids is 1. The molecule has 1 N–H and O–H groups in total. The van der Waals surface area contributed by atoms with Crippen LogP contribution >= 0.6 is 11.8 Å². The van der Waals surface area contributed by atoms with Crippen molar-refractivity contribution in [1.29, 1.82) is 0 Å². The number of benzene rings is 1. The molecule has 0 saturated carbocycles. The summed E-state index contributed by atoms with van der Waals surface area (Å²) >= 11 is 1.89. The van der Waals surface area contributed by atoms with Crippen LogP contribution in [0.2, 0.25) is 0 Å². The van der Waals surface area contributed by atoms with E-state index in [1.165, 1.54) is 0 Å². The van der Waals surface area contributed by atoms with Gasteiger partial charge < -0.3 is 10.0 Å². The summed E-state index contributed by atoms with van der Waals surface area (Å²) < 4.78 is 0.202. The van der Waals surface area contributed by atoms with E-state index in [4.69, 9.17) is 0 Å². The van der Waals surface area contributed by atoms with E-state index in [-0.39, 0.29) is 22.6 Å². The molecule has 0 aliphatic carbocycles. The Bertz CT molecular complexity index is 542. The summed E-state index contributed by atoms with van der Waals surface area (Å²) in [5, 5.41) is 9.17. The minimum absolute atomic E-state index is 0.0157. The fourth-order valence-corrected chi connectivity index (χ4v) is 3.53. The van der Waals surface area contributed by atoms with Gasteiger partial charge in [0.15, 0.2) is 0 Å². The maximum Gasteiger partial charge on any atom is 0.335 e. The first-order valence-corrected chi connectivity index (χ1v) is 8.10. The Morgan fingerprint density at radius 2 is 2.00 bits per heavy atom. The average molecular weight is 307 g/mol. The molecule has 114 valence electrons. The third-order valence-corrected chi connectivity index (χ3v) is 5.15. The summed E-state index contributed by atoms with van der Waals surface area (Å²) in [6.45, 7) is 5.88. The molecule has 5 heteroatoms. The van der Waals surface area contributed by atoms with Crippen molar-refractivity contribution >= 4 is 23.6 Å². The van der Waals surface area contributed by atoms with Crippen LogP contribution in [0.3, 0.4) is 0 Å². The highest BCUT2D eigenvalue weighted by atomic mass is 32.2. The number of nitrogens with zero attached hydrogens (tertiary/aromatic N) is 1. The Labute approximate surface area is 129 Å². The molecule has 1 aliphatic rings. The number of carboxylic acid groups (broad SMARTS) is 1. The number of carbonyl (C=O) groups excluding carboxylic acids is 1. The van der Waals surface area contributed by atoms with Gasteiger partial charge in [0.25, 0.3) is 0 Å². The van der Waals surface area contributed by atoms with Crippen LogP contribution < -0.4 is 0 Å². The zero-order valence-electron chi connectivity index (χ0n) is 12.5. The lowest BCUT2D eigenvalue weighted by Crippen LogP contribution is -2.35. The lowest BCUT2D eigenvalue weighted by Gasteiger charge is -2.23. The van der Waals surface area contributed by atoms with Crippen LogP contribution in [0.25, 0.3) is 0 Å². The largest absolute Gasteiger partial charge is 0.478 e. The van der Waals surface area contributed by atoms with Crippen LogP contribution in [0.5, 0.6) is 0 Å². The number of hydrogen-bond acceptors (Lipinski definition) is 3. The summed E-state index contributed by atoms with van der Waals surface area (Å²) in [7, 11) is 0. The molecular weight excluding hydrogens is 286 g/mol. The van der Waals surface area contributed by atoms with Crippen molar-refractivity contribution in [2.24, 2.45) is 0 Å². The highest BCUT2D eigenvalue weighted by molar-refractivity contribution is 8.00. The van der Waals surface area contributed by atoms with Crippen molar-refractivity contribution in [2.75, 3.05) is 18.8 Å². The average Bonchev–Trinajstić information content (AvgIpc) is 2.60. The van der Waals surface area contributed by atoms with Gasteiger partial charge in [-0.05, 0) is 18.1 Å². The first kappa shape index (κ1) is 15.9. The summed E-state index contributed by atoms with van der Waals surface area (Å²) in [6, 6.07) is 6.73. The van der Waals surface area contributed by atoms with E-state index in [2.05, 4.69) is 13.8 Å². The molecule has 1 amide bonds. The Morgan fingerprint density at radius 3 is 2.71 bits per heavy atom. The molecule has 1 heterocycles. The smallest absolute Gasteiger partial charge is 0.335 e. The molecule has 0 radical (unpaired) electrons. The van der Waals surface area contributed by atoms with Gasteiger partial charge in [0, 0.05) is 23.6 Å². The number of rotatable bonds is 3. The van der Waals surface area contributed by atoms with Crippen molar-refractivity contribution in [3.8, 4) is 0 Å². The Balaban J connectivity index is 2.06. The van der Waals surface area contributed by atoms with E-state index >= 15 is 0 Å². The molecule has 0 spiro atoms. The quantitative estimate of drug-likeness (QED) is 0.933. The molecule has 1 fully saturated rings. The topological polar surface area (TPSA) is 57.6 Å². The van der Waals surface area contributed by atoms with E-state index in [0.29, 0.717) is 5.56 Å². The molecule has 21 heavy (non-hydrogen) atoms. The number of hydrogen-bond donors (Lipinski definition) is 1. The molecule has 0 bridgehead atoms. The highest BCUT2D eigenvalue weighted by Gasteiger charge is 2.26. The SMILES string of the molecule is CC1(C)CCN(C(=O)Cc2ccccc2C(=O)O)CCS1. The Kier molecular flexibility index (Phi) is 4.93. The van der Waals surface area contributed by atoms with Crippen molar-refractivity contribution in [1.82, 2.24) is 4.90 Å². The Hall–Kier alpha value is -1.49. The zero-order valence-corrected chi connectivity index (χ0v) is 13.3. The molecule has 0 atom stereocenters. The first-order valence-electron chi connectivity index (χ1n) is 7.12. The molecule has 1 aliphatic heterocycles. The van der Waals surface area contributed by atoms with Crippen LogP contribution in [-0.4, -0.2) is 45.5 Å². The van der Waals surface area contributed by atoms with Gasteiger partial charge in [-0.15, -0.1) is 0 Å². The fourth-order valence-electron chi connectivity index (χ4n) is 2.43. The lowest BCUT2D eigenvalue weighted by molar-refractivity contribution is -0.130. The van der Waals surface area contributed by atoms with Crippen LogP contribution in [0.15, 0.2) is 24.3 Å². The van der Waals surface area contributed by atoms with Crippen molar-refractivity contribution in [3.63, 3.8) is 0 Å². The van der Waals surface area contributed by atoms with Crippen molar-refractivity contribution in [2.45, 2.75) is 31.4 Å². The van der Waals surface area contributed by atoms with Gasteiger partial charge in [-0.25, -0.2) is 4.79 Å². The van der Waals surface area contributed by atoms with Crippen LogP contribution in [-0.2, 0) is 11.2 Å². The maximum absolute atomic E-state index is 12.4. The number of thioether (sulfide) groups is 1. The standard InChI is InChI=1S/C16H21NO3S/c1-16(2)7-8-17(9-10-21-16)14(18)11-12-5-3-4-6-13(12)15(19)20/h3-6H,7-11H2,1-2H3,(H,19,20). The summed E-state index contributed by atoms with van der Waals surface area (Å²) in [4.78, 5) is 25.5. The molecule has 0 aromatic heterocycles. The number of amides is 1. The monoisotopic (exact) mass is 307 g/mol. The minimum Gasteiger partial charge on any atom is -0.478 e. The normalized spacial score (nSPS) is 18.1. The van der Waals surface area contributed by atoms with Gasteiger partial charge in [-0.2, -0.15) is 11.8 Å². The van der Waals surface area contributed by atoms with E-state index < -0.39 is 5.97 Å². The summed E-state index contributed by atoms with van der Waals surface area (Å²) in [5.41, 5.74) is 0.807. The molecular formula is C16H21NO3S. The minimum atomic E-state index is -0.981. The van der Waals surface area contributed by atoms with E-state index in [1.54, 1.807) is 24.3 Å². The Morgan fingerprint density at radius 1 is 1.29 bits per heavy atom. The molecule has 1 aromatic carbocycles. The highest BCUT2D eigenvalue weighted by Crippen LogP contribution is 2.30. The molecule has 4 nitrogen and oxygen atoms in total. The molecule has 2 rings (SSSR count). The van der Waals surface area contributed by atoms with Gasteiger partial charge in [0.2, 0.25) is 5.91 Å². The summed E-state index contributed by atoms with van der Waals surface area (Å²) in [6.07, 6.45) is 1.12. The molecule has 1 saturated heterocycles. The van der Waals surface area contributed by atoms with Crippen molar-refractivity contribution in [3.05, 3.63) is 35.4 Å². The fraction of sp³-hybridized carbons (Fsp3) is 0.500. The van der Waals surface area contributed by atoms with E-state index in [1.807, 2.05) is 16.7 Å². The van der Waals surface area contributed by atoms with Crippen LogP contribution in [0.4, 0.5) is 0 Å². The van der Waals surface area contributed by atoms with Crippen molar-refractivity contribution < 1.29 is 14.7 Å². The zero-order chi connectivity index (χ0) is 15.5. The second-order valence-electron chi connectivity index (χ2n) is 5.88. The third-order valence-electron chi connectivity index (χ3n) is 3.78. The molecule has 0 unspecified atom stereocenters. The van der Waals surface area contributed by atoms with Crippen LogP contribution in [0, 0.1) is 0 Å². The predicted octanol–water partition coefficient (Wildman–Crippen LogP) is 2.67. The number of carboxylic acids is 1. The second-order valence-corrected chi connectivity index (χ2v) is 7.68. The lowest BCUT2D eigenvalue weighted by atomic mass is 10.0. The van der Waals surface area contributed by atoms with Crippen LogP contribution in [0.1, 0.15) is 36.2 Å². The van der Waals surface area contributed by atoms with Gasteiger partial charge in [0.1, 0.15) is 0 Å². The molecule has 1 aromatic rings. The van der Waals surface area contributed by atoms with Gasteiger partial charge in [-0.1, -0.05) is 32.0 Å². The maximum atomic E-state index is 12.4. The van der Waals surface area contributed by atoms with Gasteiger partial charge >= 0.3 is 5.97 Å². The van der Waals surface area contributed by atoms with E-state index in [0.717, 1.165) is 25.3 Å². The number of carbonyl (C=O) groups is 2. The first-order chi connectivity index (χ1) is 9.89. The second kappa shape index (κ2) is 6.52. The predicted molar refractivity (Wildman–Crippen MR) is 84.8 cm³/mol. The summed E-state index contributed by atoms with van der Waals surface area (Å²) in [5.74, 6) is -0.0350. The third kappa shape index (κ3) is 4.24. The van der Waals surface area contributed by atoms with Gasteiger partial charge in [0.05, 0.1) is 12.0 Å².